The number of fused-ring (bicyclic) bond motifs is 1. The second-order valence-corrected chi connectivity index (χ2v) is 3.75. The summed E-state index contributed by atoms with van der Waals surface area (Å²) in [5, 5.41) is 0.668. The number of para-hydroxylation sites is 1. The minimum atomic E-state index is -0.729. The predicted octanol–water partition coefficient (Wildman–Crippen LogP) is 0.781. The normalized spacial score (nSPS) is 12.4. The first kappa shape index (κ1) is 11.3. The Morgan fingerprint density at radius 3 is 2.82 bits per heavy atom. The highest BCUT2D eigenvalue weighted by atomic mass is 16.5. The number of ether oxygens (including phenoxy) is 1. The highest BCUT2D eigenvalue weighted by Gasteiger charge is 2.12. The molecule has 3 N–H and O–H groups in total. The maximum atomic E-state index is 11.4. The van der Waals surface area contributed by atoms with E-state index in [1.54, 1.807) is 24.3 Å². The maximum absolute atomic E-state index is 11.4. The molecule has 5 heteroatoms. The van der Waals surface area contributed by atoms with E-state index in [9.17, 15) is 9.59 Å². The van der Waals surface area contributed by atoms with Crippen LogP contribution in [0.2, 0.25) is 0 Å². The van der Waals surface area contributed by atoms with Crippen LogP contribution in [0.4, 0.5) is 0 Å². The molecule has 0 aliphatic heterocycles. The molecular formula is C12H12N2O3. The van der Waals surface area contributed by atoms with E-state index >= 15 is 0 Å². The highest BCUT2D eigenvalue weighted by Crippen LogP contribution is 2.21. The molecule has 0 saturated carbocycles. The highest BCUT2D eigenvalue weighted by molar-refractivity contribution is 5.88. The first-order chi connectivity index (χ1) is 8.08. The average Bonchev–Trinajstić information content (AvgIpc) is 2.28. The predicted molar refractivity (Wildman–Crippen MR) is 63.9 cm³/mol. The van der Waals surface area contributed by atoms with E-state index < -0.39 is 12.0 Å². The molecule has 0 unspecified atom stereocenters. The van der Waals surface area contributed by atoms with Crippen molar-refractivity contribution >= 4 is 16.9 Å². The quantitative estimate of drug-likeness (QED) is 0.749. The van der Waals surface area contributed by atoms with Crippen LogP contribution in [0, 0.1) is 0 Å². The molecular weight excluding hydrogens is 220 g/mol. The first-order valence-corrected chi connectivity index (χ1v) is 5.17. The monoisotopic (exact) mass is 232 g/mol. The van der Waals surface area contributed by atoms with Crippen LogP contribution < -0.4 is 16.0 Å². The number of esters is 1. The van der Waals surface area contributed by atoms with Gasteiger partial charge in [0.1, 0.15) is 11.8 Å². The van der Waals surface area contributed by atoms with Gasteiger partial charge in [0.05, 0.1) is 5.52 Å². The van der Waals surface area contributed by atoms with Gasteiger partial charge < -0.3 is 15.5 Å². The van der Waals surface area contributed by atoms with Gasteiger partial charge in [0.25, 0.3) is 5.56 Å². The Hall–Kier alpha value is -2.14. The van der Waals surface area contributed by atoms with E-state index in [1.165, 1.54) is 13.0 Å². The fraction of sp³-hybridized carbons (Fsp3) is 0.167. The van der Waals surface area contributed by atoms with Gasteiger partial charge in [-0.15, -0.1) is 0 Å². The molecule has 2 rings (SSSR count). The van der Waals surface area contributed by atoms with Crippen LogP contribution in [0.15, 0.2) is 35.1 Å². The largest absolute Gasteiger partial charge is 0.424 e. The van der Waals surface area contributed by atoms with Crippen molar-refractivity contribution < 1.29 is 9.53 Å². The third kappa shape index (κ3) is 2.34. The number of aromatic amines is 1. The summed E-state index contributed by atoms with van der Waals surface area (Å²) < 4.78 is 5.09. The van der Waals surface area contributed by atoms with Crippen LogP contribution in [-0.2, 0) is 4.79 Å². The summed E-state index contributed by atoms with van der Waals surface area (Å²) in [7, 11) is 0. The number of carbonyl (C=O) groups is 1. The molecule has 1 atom stereocenters. The van der Waals surface area contributed by atoms with E-state index in [1.807, 2.05) is 0 Å². The molecule has 88 valence electrons. The lowest BCUT2D eigenvalue weighted by molar-refractivity contribution is -0.135. The number of nitrogens with two attached hydrogens (primary N) is 1. The smallest absolute Gasteiger partial charge is 0.328 e. The van der Waals surface area contributed by atoms with Crippen molar-refractivity contribution in [2.75, 3.05) is 0 Å². The number of rotatable bonds is 2. The molecule has 0 amide bonds. The number of benzene rings is 1. The minimum absolute atomic E-state index is 0.228. The Morgan fingerprint density at radius 1 is 1.41 bits per heavy atom. The summed E-state index contributed by atoms with van der Waals surface area (Å²) >= 11 is 0. The second kappa shape index (κ2) is 4.39. The van der Waals surface area contributed by atoms with Crippen LogP contribution in [0.1, 0.15) is 6.92 Å². The lowest BCUT2D eigenvalue weighted by Gasteiger charge is -2.08. The van der Waals surface area contributed by atoms with Gasteiger partial charge >= 0.3 is 5.97 Å². The summed E-state index contributed by atoms with van der Waals surface area (Å²) in [5.41, 5.74) is 5.70. The molecule has 1 aromatic heterocycles. The summed E-state index contributed by atoms with van der Waals surface area (Å²) in [6.07, 6.45) is 0. The molecule has 0 spiro atoms. The molecule has 1 aromatic carbocycles. The van der Waals surface area contributed by atoms with E-state index in [0.717, 1.165) is 0 Å². The Kier molecular flexibility index (Phi) is 2.93. The Balaban J connectivity index is 2.53. The van der Waals surface area contributed by atoms with Crippen LogP contribution in [0.5, 0.6) is 5.75 Å². The summed E-state index contributed by atoms with van der Waals surface area (Å²) in [6.45, 7) is 1.53. The van der Waals surface area contributed by atoms with Gasteiger partial charge in [-0.3, -0.25) is 4.79 Å². The number of aromatic nitrogens is 1. The number of carbonyl (C=O) groups excluding carboxylic acids is 1. The molecule has 17 heavy (non-hydrogen) atoms. The van der Waals surface area contributed by atoms with Gasteiger partial charge in [-0.25, -0.2) is 4.79 Å². The maximum Gasteiger partial charge on any atom is 0.328 e. The van der Waals surface area contributed by atoms with E-state index in [0.29, 0.717) is 10.9 Å². The molecule has 1 heterocycles. The number of pyridine rings is 1. The molecule has 0 fully saturated rings. The second-order valence-electron chi connectivity index (χ2n) is 3.75. The van der Waals surface area contributed by atoms with Crippen molar-refractivity contribution in [1.29, 1.82) is 0 Å². The van der Waals surface area contributed by atoms with E-state index in [-0.39, 0.29) is 11.3 Å². The zero-order chi connectivity index (χ0) is 12.4. The van der Waals surface area contributed by atoms with Crippen LogP contribution in [-0.4, -0.2) is 17.0 Å². The van der Waals surface area contributed by atoms with Crippen molar-refractivity contribution in [3.8, 4) is 5.75 Å². The standard InChI is InChI=1S/C12H12N2O3/c1-7(13)12(16)17-10-6-11(15)14-9-5-3-2-4-8(9)10/h2-7H,13H2,1H3,(H,14,15)/t7-/m0/s1. The van der Waals surface area contributed by atoms with Gasteiger partial charge in [-0.2, -0.15) is 0 Å². The SMILES string of the molecule is C[C@H](N)C(=O)Oc1cc(=O)[nH]c2ccccc12. The summed E-state index contributed by atoms with van der Waals surface area (Å²) in [4.78, 5) is 25.4. The lowest BCUT2D eigenvalue weighted by atomic mass is 10.2. The van der Waals surface area contributed by atoms with Gasteiger partial charge in [-0.1, -0.05) is 12.1 Å². The number of hydrogen-bond donors (Lipinski definition) is 2. The van der Waals surface area contributed by atoms with Gasteiger partial charge in [0.2, 0.25) is 0 Å². The van der Waals surface area contributed by atoms with Crippen molar-refractivity contribution in [3.05, 3.63) is 40.7 Å². The molecule has 5 nitrogen and oxygen atoms in total. The Bertz CT molecular complexity index is 616. The fourth-order valence-corrected chi connectivity index (χ4v) is 1.46. The van der Waals surface area contributed by atoms with Crippen molar-refractivity contribution in [2.45, 2.75) is 13.0 Å². The minimum Gasteiger partial charge on any atom is -0.424 e. The number of hydrogen-bond acceptors (Lipinski definition) is 4. The Morgan fingerprint density at radius 2 is 2.12 bits per heavy atom. The molecule has 0 aliphatic carbocycles. The summed E-state index contributed by atoms with van der Waals surface area (Å²) in [5.74, 6) is -0.340. The summed E-state index contributed by atoms with van der Waals surface area (Å²) in [6, 6.07) is 7.59. The van der Waals surface area contributed by atoms with Crippen molar-refractivity contribution in [3.63, 3.8) is 0 Å². The van der Waals surface area contributed by atoms with Crippen molar-refractivity contribution in [1.82, 2.24) is 4.98 Å². The zero-order valence-electron chi connectivity index (χ0n) is 9.27. The third-order valence-corrected chi connectivity index (χ3v) is 2.29. The average molecular weight is 232 g/mol. The van der Waals surface area contributed by atoms with Crippen LogP contribution in [0.3, 0.4) is 0 Å². The molecule has 0 aliphatic rings. The van der Waals surface area contributed by atoms with Gasteiger partial charge in [0.15, 0.2) is 0 Å². The molecule has 2 aromatic rings. The molecule has 0 bridgehead atoms. The third-order valence-electron chi connectivity index (χ3n) is 2.29. The fourth-order valence-electron chi connectivity index (χ4n) is 1.46. The molecule has 0 radical (unpaired) electrons. The molecule has 0 saturated heterocycles. The zero-order valence-corrected chi connectivity index (χ0v) is 9.27. The van der Waals surface area contributed by atoms with Crippen molar-refractivity contribution in [2.24, 2.45) is 5.73 Å². The van der Waals surface area contributed by atoms with Gasteiger partial charge in [0, 0.05) is 11.5 Å². The first-order valence-electron chi connectivity index (χ1n) is 5.17. The van der Waals surface area contributed by atoms with Crippen LogP contribution in [0.25, 0.3) is 10.9 Å². The van der Waals surface area contributed by atoms with Gasteiger partial charge in [-0.05, 0) is 19.1 Å². The number of nitrogens with one attached hydrogen (secondary N) is 1. The van der Waals surface area contributed by atoms with E-state index in [2.05, 4.69) is 4.98 Å². The number of H-pyrrole nitrogens is 1. The lowest BCUT2D eigenvalue weighted by Crippen LogP contribution is -2.31. The van der Waals surface area contributed by atoms with E-state index in [4.69, 9.17) is 10.5 Å². The Labute approximate surface area is 97.2 Å². The topological polar surface area (TPSA) is 85.2 Å². The van der Waals surface area contributed by atoms with Crippen LogP contribution >= 0.6 is 0 Å².